The number of hydrogen-bond donors (Lipinski definition) is 3. The molecule has 0 aliphatic heterocycles. The van der Waals surface area contributed by atoms with E-state index in [2.05, 4.69) is 15.6 Å². The molecule has 0 radical (unpaired) electrons. The van der Waals surface area contributed by atoms with Crippen molar-refractivity contribution in [3.63, 3.8) is 0 Å². The number of hydrogen-bond acceptors (Lipinski definition) is 4. The normalized spacial score (nSPS) is 17.6. The SMILES string of the molecule is O=C(NC1CCC(Nc2ccnc3cc(Cl)ccc23)CC1)c1cc(F)cc(-c2cccc(CO)c2)c1. The number of carbonyl (C=O) groups is 1. The van der Waals surface area contributed by atoms with Gasteiger partial charge in [0.25, 0.3) is 5.91 Å². The molecule has 1 aliphatic rings. The van der Waals surface area contributed by atoms with Crippen molar-refractivity contribution in [1.82, 2.24) is 10.3 Å². The molecule has 1 amide bonds. The first kappa shape index (κ1) is 24.2. The molecular formula is C29H27ClFN3O2. The van der Waals surface area contributed by atoms with Gasteiger partial charge >= 0.3 is 0 Å². The lowest BCUT2D eigenvalue weighted by atomic mass is 9.90. The molecule has 3 N–H and O–H groups in total. The Kier molecular flexibility index (Phi) is 7.16. The molecular weight excluding hydrogens is 477 g/mol. The van der Waals surface area contributed by atoms with Crippen LogP contribution < -0.4 is 10.6 Å². The van der Waals surface area contributed by atoms with E-state index in [1.165, 1.54) is 12.1 Å². The predicted molar refractivity (Wildman–Crippen MR) is 142 cm³/mol. The smallest absolute Gasteiger partial charge is 0.251 e. The Labute approximate surface area is 214 Å². The molecule has 36 heavy (non-hydrogen) atoms. The van der Waals surface area contributed by atoms with E-state index in [9.17, 15) is 14.3 Å². The fourth-order valence-corrected chi connectivity index (χ4v) is 5.02. The van der Waals surface area contributed by atoms with Gasteiger partial charge in [-0.25, -0.2) is 4.39 Å². The Bertz CT molecular complexity index is 1400. The molecule has 3 aromatic carbocycles. The Hall–Kier alpha value is -3.48. The number of amides is 1. The average Bonchev–Trinajstić information content (AvgIpc) is 2.89. The molecule has 4 aromatic rings. The van der Waals surface area contributed by atoms with Gasteiger partial charge in [-0.1, -0.05) is 29.8 Å². The van der Waals surface area contributed by atoms with E-state index in [-0.39, 0.29) is 18.6 Å². The van der Waals surface area contributed by atoms with Crippen molar-refractivity contribution in [2.24, 2.45) is 0 Å². The Morgan fingerprint density at radius 1 is 0.972 bits per heavy atom. The van der Waals surface area contributed by atoms with Crippen molar-refractivity contribution in [3.8, 4) is 11.1 Å². The van der Waals surface area contributed by atoms with Gasteiger partial charge in [-0.05, 0) is 90.9 Å². The van der Waals surface area contributed by atoms with E-state index in [0.717, 1.165) is 53.4 Å². The number of rotatable bonds is 6. The summed E-state index contributed by atoms with van der Waals surface area (Å²) in [7, 11) is 0. The molecule has 5 rings (SSSR count). The molecule has 1 aromatic heterocycles. The topological polar surface area (TPSA) is 74.2 Å². The van der Waals surface area contributed by atoms with Crippen LogP contribution in [0, 0.1) is 5.82 Å². The van der Waals surface area contributed by atoms with Crippen molar-refractivity contribution < 1.29 is 14.3 Å². The minimum atomic E-state index is -0.467. The maximum Gasteiger partial charge on any atom is 0.251 e. The summed E-state index contributed by atoms with van der Waals surface area (Å²) in [5.74, 6) is -0.742. The standard InChI is InChI=1S/C29H27ClFN3O2/c30-22-4-9-26-27(10-11-32-28(26)16-22)33-24-5-7-25(8-6-24)34-29(36)21-13-20(14-23(31)15-21)19-3-1-2-18(12-19)17-35/h1-4,9-16,24-25,35H,5-8,17H2,(H,32,33)(H,34,36). The van der Waals surface area contributed by atoms with Crippen molar-refractivity contribution in [2.75, 3.05) is 5.32 Å². The molecule has 1 aliphatic carbocycles. The van der Waals surface area contributed by atoms with Crippen LogP contribution in [0.5, 0.6) is 0 Å². The minimum Gasteiger partial charge on any atom is -0.392 e. The Morgan fingerprint density at radius 3 is 2.58 bits per heavy atom. The third kappa shape index (κ3) is 5.50. The first-order chi connectivity index (χ1) is 17.5. The number of benzene rings is 3. The van der Waals surface area contributed by atoms with Crippen molar-refractivity contribution in [3.05, 3.63) is 94.9 Å². The lowest BCUT2D eigenvalue weighted by Gasteiger charge is -2.30. The van der Waals surface area contributed by atoms with E-state index in [4.69, 9.17) is 11.6 Å². The number of anilines is 1. The minimum absolute atomic E-state index is 0.0352. The van der Waals surface area contributed by atoms with Crippen molar-refractivity contribution in [1.29, 1.82) is 0 Å². The predicted octanol–water partition coefficient (Wildman–Crippen LogP) is 6.34. The van der Waals surface area contributed by atoms with Crippen LogP contribution >= 0.6 is 11.6 Å². The molecule has 1 fully saturated rings. The van der Waals surface area contributed by atoms with Gasteiger partial charge in [-0.2, -0.15) is 0 Å². The highest BCUT2D eigenvalue weighted by Gasteiger charge is 2.23. The zero-order chi connectivity index (χ0) is 25.1. The maximum absolute atomic E-state index is 14.4. The molecule has 5 nitrogen and oxygen atoms in total. The Morgan fingerprint density at radius 2 is 1.78 bits per heavy atom. The third-order valence-corrected chi connectivity index (χ3v) is 6.96. The number of pyridine rings is 1. The zero-order valence-corrected chi connectivity index (χ0v) is 20.4. The summed E-state index contributed by atoms with van der Waals surface area (Å²) in [4.78, 5) is 17.4. The van der Waals surface area contributed by atoms with Gasteiger partial charge in [0.05, 0.1) is 12.1 Å². The second kappa shape index (κ2) is 10.6. The number of nitrogens with zero attached hydrogens (tertiary/aromatic N) is 1. The number of carbonyl (C=O) groups excluding carboxylic acids is 1. The summed E-state index contributed by atoms with van der Waals surface area (Å²) in [6.07, 6.45) is 5.26. The highest BCUT2D eigenvalue weighted by molar-refractivity contribution is 6.31. The lowest BCUT2D eigenvalue weighted by molar-refractivity contribution is 0.0926. The number of aliphatic hydroxyl groups excluding tert-OH is 1. The van der Waals surface area contributed by atoms with Gasteiger partial charge in [0.2, 0.25) is 0 Å². The van der Waals surface area contributed by atoms with Crippen LogP contribution in [0.3, 0.4) is 0 Å². The first-order valence-corrected chi connectivity index (χ1v) is 12.5. The highest BCUT2D eigenvalue weighted by Crippen LogP contribution is 2.29. The van der Waals surface area contributed by atoms with Gasteiger partial charge in [-0.15, -0.1) is 0 Å². The summed E-state index contributed by atoms with van der Waals surface area (Å²) in [6, 6.07) is 19.6. The van der Waals surface area contributed by atoms with Gasteiger partial charge in [0.1, 0.15) is 5.82 Å². The summed E-state index contributed by atoms with van der Waals surface area (Å²) < 4.78 is 14.4. The van der Waals surface area contributed by atoms with Crippen LogP contribution in [0.1, 0.15) is 41.6 Å². The van der Waals surface area contributed by atoms with Gasteiger partial charge in [-0.3, -0.25) is 9.78 Å². The van der Waals surface area contributed by atoms with Crippen LogP contribution in [0.25, 0.3) is 22.0 Å². The number of fused-ring (bicyclic) bond motifs is 1. The van der Waals surface area contributed by atoms with Crippen LogP contribution in [-0.4, -0.2) is 28.1 Å². The Balaban J connectivity index is 1.22. The zero-order valence-electron chi connectivity index (χ0n) is 19.7. The van der Waals surface area contributed by atoms with Gasteiger partial charge in [0, 0.05) is 39.9 Å². The van der Waals surface area contributed by atoms with E-state index >= 15 is 0 Å². The van der Waals surface area contributed by atoms with Gasteiger partial charge < -0.3 is 15.7 Å². The third-order valence-electron chi connectivity index (χ3n) is 6.73. The number of halogens is 2. The summed E-state index contributed by atoms with van der Waals surface area (Å²) in [5.41, 5.74) is 4.27. The first-order valence-electron chi connectivity index (χ1n) is 12.1. The largest absolute Gasteiger partial charge is 0.392 e. The summed E-state index contributed by atoms with van der Waals surface area (Å²) in [6.45, 7) is -0.0975. The monoisotopic (exact) mass is 503 g/mol. The second-order valence-electron chi connectivity index (χ2n) is 9.27. The molecule has 0 atom stereocenters. The van der Waals surface area contributed by atoms with Crippen LogP contribution in [0.15, 0.2) is 72.9 Å². The maximum atomic E-state index is 14.4. The quantitative estimate of drug-likeness (QED) is 0.287. The fraction of sp³-hybridized carbons (Fsp3) is 0.241. The molecule has 7 heteroatoms. The van der Waals surface area contributed by atoms with Crippen LogP contribution in [0.2, 0.25) is 5.02 Å². The molecule has 1 heterocycles. The molecule has 0 spiro atoms. The van der Waals surface area contributed by atoms with E-state index < -0.39 is 5.82 Å². The number of aromatic nitrogens is 1. The summed E-state index contributed by atoms with van der Waals surface area (Å²) in [5, 5.41) is 17.8. The fourth-order valence-electron chi connectivity index (χ4n) is 4.85. The highest BCUT2D eigenvalue weighted by atomic mass is 35.5. The van der Waals surface area contributed by atoms with E-state index in [0.29, 0.717) is 22.2 Å². The van der Waals surface area contributed by atoms with Crippen LogP contribution in [-0.2, 0) is 6.61 Å². The molecule has 0 saturated heterocycles. The second-order valence-corrected chi connectivity index (χ2v) is 9.71. The molecule has 1 saturated carbocycles. The van der Waals surface area contributed by atoms with Crippen LogP contribution in [0.4, 0.5) is 10.1 Å². The molecule has 0 bridgehead atoms. The molecule has 184 valence electrons. The average molecular weight is 504 g/mol. The van der Waals surface area contributed by atoms with E-state index in [1.807, 2.05) is 36.4 Å². The van der Waals surface area contributed by atoms with E-state index in [1.54, 1.807) is 24.4 Å². The van der Waals surface area contributed by atoms with Crippen molar-refractivity contribution >= 4 is 34.1 Å². The number of nitrogens with one attached hydrogen (secondary N) is 2. The van der Waals surface area contributed by atoms with Gasteiger partial charge in [0.15, 0.2) is 0 Å². The molecule has 0 unspecified atom stereocenters. The lowest BCUT2D eigenvalue weighted by Crippen LogP contribution is -2.40. The van der Waals surface area contributed by atoms with Crippen molar-refractivity contribution in [2.45, 2.75) is 44.4 Å². The number of aliphatic hydroxyl groups is 1. The summed E-state index contributed by atoms with van der Waals surface area (Å²) >= 11 is 6.10.